The molecule has 21 heavy (non-hydrogen) atoms. The molecule has 0 aliphatic carbocycles. The highest BCUT2D eigenvalue weighted by molar-refractivity contribution is 5.16. The van der Waals surface area contributed by atoms with Gasteiger partial charge in [0, 0.05) is 0 Å². The van der Waals surface area contributed by atoms with Crippen molar-refractivity contribution in [3.8, 4) is 0 Å². The van der Waals surface area contributed by atoms with E-state index in [1.807, 2.05) is 4.90 Å². The van der Waals surface area contributed by atoms with Crippen LogP contribution >= 0.6 is 0 Å². The summed E-state index contributed by atoms with van der Waals surface area (Å²) in [7, 11) is 0. The second-order valence-electron chi connectivity index (χ2n) is 6.21. The highest BCUT2D eigenvalue weighted by atomic mass is 16.8. The van der Waals surface area contributed by atoms with Crippen LogP contribution in [0.15, 0.2) is 0 Å². The molecule has 0 spiro atoms. The Bertz CT molecular complexity index is 345. The lowest BCUT2D eigenvalue weighted by Gasteiger charge is -2.50. The zero-order valence-electron chi connectivity index (χ0n) is 13.2. The summed E-state index contributed by atoms with van der Waals surface area (Å²) >= 11 is 0. The molecule has 124 valence electrons. The normalized spacial score (nSPS) is 34.7. The standard InChI is InChI=1S/C15H29NO5/c1-3-5-7-13(8-6-4-2)15(10-18)20-11-14(9-17,21-15)16(13)12-19/h17-19H,3-12H2,1-2H3. The van der Waals surface area contributed by atoms with E-state index in [0.717, 1.165) is 38.5 Å². The fourth-order valence-electron chi connectivity index (χ4n) is 3.92. The van der Waals surface area contributed by atoms with E-state index in [1.54, 1.807) is 0 Å². The lowest BCUT2D eigenvalue weighted by atomic mass is 9.77. The molecule has 2 aliphatic heterocycles. The summed E-state index contributed by atoms with van der Waals surface area (Å²) in [6, 6.07) is 0. The lowest BCUT2D eigenvalue weighted by Crippen LogP contribution is -2.68. The number of unbranched alkanes of at least 4 members (excludes halogenated alkanes) is 2. The van der Waals surface area contributed by atoms with E-state index in [9.17, 15) is 15.3 Å². The van der Waals surface area contributed by atoms with Crippen molar-refractivity contribution in [3.05, 3.63) is 0 Å². The van der Waals surface area contributed by atoms with E-state index in [4.69, 9.17) is 9.47 Å². The molecule has 0 aromatic rings. The van der Waals surface area contributed by atoms with Crippen LogP contribution in [0, 0.1) is 0 Å². The number of aliphatic hydroxyl groups is 3. The van der Waals surface area contributed by atoms with Gasteiger partial charge in [0.05, 0.1) is 32.1 Å². The molecular formula is C15H29NO5. The van der Waals surface area contributed by atoms with Gasteiger partial charge in [0.15, 0.2) is 5.72 Å². The molecule has 2 aliphatic rings. The van der Waals surface area contributed by atoms with Gasteiger partial charge in [-0.3, -0.25) is 0 Å². The smallest absolute Gasteiger partial charge is 0.212 e. The molecule has 2 rings (SSSR count). The first-order valence-corrected chi connectivity index (χ1v) is 8.05. The number of aliphatic hydroxyl groups excluding tert-OH is 3. The van der Waals surface area contributed by atoms with E-state index in [-0.39, 0.29) is 26.6 Å². The van der Waals surface area contributed by atoms with Gasteiger partial charge in [-0.15, -0.1) is 0 Å². The third-order valence-corrected chi connectivity index (χ3v) is 5.09. The minimum atomic E-state index is -1.14. The predicted octanol–water partition coefficient (Wildman–Crippen LogP) is 0.795. The first kappa shape index (κ1) is 17.1. The Kier molecular flexibility index (Phi) is 5.28. The summed E-state index contributed by atoms with van der Waals surface area (Å²) in [5.74, 6) is -1.14. The van der Waals surface area contributed by atoms with Crippen LogP contribution in [-0.4, -0.2) is 63.8 Å². The number of rotatable bonds is 9. The van der Waals surface area contributed by atoms with Crippen LogP contribution in [0.3, 0.4) is 0 Å². The van der Waals surface area contributed by atoms with Crippen LogP contribution in [0.25, 0.3) is 0 Å². The molecule has 2 atom stereocenters. The molecule has 0 amide bonds. The van der Waals surface area contributed by atoms with Crippen LogP contribution in [0.1, 0.15) is 52.4 Å². The molecule has 2 unspecified atom stereocenters. The molecule has 2 saturated heterocycles. The summed E-state index contributed by atoms with van der Waals surface area (Å²) in [5, 5.41) is 29.7. The van der Waals surface area contributed by atoms with Crippen molar-refractivity contribution in [2.24, 2.45) is 0 Å². The Labute approximate surface area is 126 Å². The van der Waals surface area contributed by atoms with Crippen LogP contribution in [0.4, 0.5) is 0 Å². The van der Waals surface area contributed by atoms with E-state index < -0.39 is 17.1 Å². The van der Waals surface area contributed by atoms with Crippen molar-refractivity contribution in [2.45, 2.75) is 69.4 Å². The van der Waals surface area contributed by atoms with Gasteiger partial charge < -0.3 is 24.8 Å². The minimum absolute atomic E-state index is 0.171. The van der Waals surface area contributed by atoms with Crippen molar-refractivity contribution < 1.29 is 24.8 Å². The van der Waals surface area contributed by atoms with Crippen LogP contribution in [0.5, 0.6) is 0 Å². The Morgan fingerprint density at radius 3 is 2.05 bits per heavy atom. The number of nitrogens with zero attached hydrogens (tertiary/aromatic N) is 1. The quantitative estimate of drug-likeness (QED) is 0.584. The van der Waals surface area contributed by atoms with Gasteiger partial charge in [-0.05, 0) is 12.8 Å². The summed E-state index contributed by atoms with van der Waals surface area (Å²) in [6.07, 6.45) is 5.48. The van der Waals surface area contributed by atoms with E-state index >= 15 is 0 Å². The fourth-order valence-corrected chi connectivity index (χ4v) is 3.92. The molecule has 6 heteroatoms. The number of hydrogen-bond acceptors (Lipinski definition) is 6. The number of fused-ring (bicyclic) bond motifs is 2. The van der Waals surface area contributed by atoms with Crippen molar-refractivity contribution in [3.63, 3.8) is 0 Å². The Hall–Kier alpha value is -0.240. The van der Waals surface area contributed by atoms with Crippen molar-refractivity contribution in [1.29, 1.82) is 0 Å². The topological polar surface area (TPSA) is 82.4 Å². The molecule has 0 aromatic carbocycles. The van der Waals surface area contributed by atoms with Gasteiger partial charge in [0.1, 0.15) is 0 Å². The maximum absolute atomic E-state index is 9.96. The lowest BCUT2D eigenvalue weighted by molar-refractivity contribution is -0.228. The summed E-state index contributed by atoms with van der Waals surface area (Å²) in [4.78, 5) is 1.82. The average molecular weight is 303 g/mol. The molecular weight excluding hydrogens is 274 g/mol. The van der Waals surface area contributed by atoms with E-state index in [0.29, 0.717) is 0 Å². The first-order chi connectivity index (χ1) is 10.1. The number of hydrogen-bond donors (Lipinski definition) is 3. The second kappa shape index (κ2) is 6.48. The predicted molar refractivity (Wildman–Crippen MR) is 77.4 cm³/mol. The summed E-state index contributed by atoms with van der Waals surface area (Å²) in [5.41, 5.74) is -1.61. The van der Waals surface area contributed by atoms with Crippen molar-refractivity contribution >= 4 is 0 Å². The first-order valence-electron chi connectivity index (χ1n) is 8.05. The molecule has 2 bridgehead atoms. The second-order valence-corrected chi connectivity index (χ2v) is 6.21. The number of ether oxygens (including phenoxy) is 2. The van der Waals surface area contributed by atoms with E-state index in [2.05, 4.69) is 13.8 Å². The zero-order valence-corrected chi connectivity index (χ0v) is 13.2. The molecule has 6 nitrogen and oxygen atoms in total. The van der Waals surface area contributed by atoms with Crippen molar-refractivity contribution in [1.82, 2.24) is 4.90 Å². The maximum atomic E-state index is 9.96. The van der Waals surface area contributed by atoms with Gasteiger partial charge in [-0.25, -0.2) is 4.90 Å². The van der Waals surface area contributed by atoms with Crippen LogP contribution in [-0.2, 0) is 9.47 Å². The third-order valence-electron chi connectivity index (χ3n) is 5.09. The Morgan fingerprint density at radius 1 is 1.00 bits per heavy atom. The molecule has 0 saturated carbocycles. The molecule has 2 fully saturated rings. The van der Waals surface area contributed by atoms with Crippen LogP contribution < -0.4 is 0 Å². The van der Waals surface area contributed by atoms with Crippen molar-refractivity contribution in [2.75, 3.05) is 26.6 Å². The third kappa shape index (κ3) is 2.33. The zero-order chi connectivity index (χ0) is 15.6. The fraction of sp³-hybridized carbons (Fsp3) is 1.00. The van der Waals surface area contributed by atoms with Gasteiger partial charge >= 0.3 is 0 Å². The molecule has 0 aromatic heterocycles. The Balaban J connectivity index is 2.41. The summed E-state index contributed by atoms with van der Waals surface area (Å²) < 4.78 is 11.8. The van der Waals surface area contributed by atoms with Gasteiger partial charge in [-0.1, -0.05) is 39.5 Å². The summed E-state index contributed by atoms with van der Waals surface area (Å²) in [6.45, 7) is 3.66. The minimum Gasteiger partial charge on any atom is -0.392 e. The Morgan fingerprint density at radius 2 is 1.62 bits per heavy atom. The van der Waals surface area contributed by atoms with Gasteiger partial charge in [-0.2, -0.15) is 0 Å². The van der Waals surface area contributed by atoms with Crippen LogP contribution in [0.2, 0.25) is 0 Å². The SMILES string of the molecule is CCCCC1(CCCC)N(CO)C2(CO)COC1(CO)O2. The van der Waals surface area contributed by atoms with E-state index in [1.165, 1.54) is 0 Å². The van der Waals surface area contributed by atoms with Gasteiger partial charge in [0.2, 0.25) is 5.79 Å². The molecule has 0 radical (unpaired) electrons. The maximum Gasteiger partial charge on any atom is 0.212 e. The largest absolute Gasteiger partial charge is 0.392 e. The highest BCUT2D eigenvalue weighted by Gasteiger charge is 2.74. The average Bonchev–Trinajstić information content (AvgIpc) is 3.02. The number of morpholine rings is 1. The molecule has 2 heterocycles. The monoisotopic (exact) mass is 303 g/mol. The highest BCUT2D eigenvalue weighted by Crippen LogP contribution is 2.56. The molecule has 3 N–H and O–H groups in total. The van der Waals surface area contributed by atoms with Gasteiger partial charge in [0.25, 0.3) is 0 Å².